The first-order valence-corrected chi connectivity index (χ1v) is 12.9. The van der Waals surface area contributed by atoms with Gasteiger partial charge in [-0.2, -0.15) is 10.4 Å². The van der Waals surface area contributed by atoms with Gasteiger partial charge in [0.2, 0.25) is 11.9 Å². The van der Waals surface area contributed by atoms with Crippen molar-refractivity contribution in [2.45, 2.75) is 25.8 Å². The highest BCUT2D eigenvalue weighted by Gasteiger charge is 2.26. The summed E-state index contributed by atoms with van der Waals surface area (Å²) < 4.78 is 1.60. The summed E-state index contributed by atoms with van der Waals surface area (Å²) in [6, 6.07) is 14.9. The van der Waals surface area contributed by atoms with Crippen LogP contribution in [-0.2, 0) is 4.79 Å². The third kappa shape index (κ3) is 5.48. The number of piperidine rings is 1. The summed E-state index contributed by atoms with van der Waals surface area (Å²) in [4.78, 5) is 23.3. The fourth-order valence-corrected chi connectivity index (χ4v) is 4.86. The Kier molecular flexibility index (Phi) is 7.56. The van der Waals surface area contributed by atoms with Gasteiger partial charge in [0, 0.05) is 42.1 Å². The number of nitriles is 1. The van der Waals surface area contributed by atoms with Gasteiger partial charge in [0.05, 0.1) is 45.5 Å². The molecule has 11 heteroatoms. The molecule has 3 heterocycles. The summed E-state index contributed by atoms with van der Waals surface area (Å²) >= 11 is 12.8. The lowest BCUT2D eigenvalue weighted by atomic mass is 10.0. The molecule has 1 saturated heterocycles. The molecule has 1 aliphatic rings. The van der Waals surface area contributed by atoms with Gasteiger partial charge in [-0.1, -0.05) is 30.1 Å². The Labute approximate surface area is 230 Å². The molecule has 192 valence electrons. The largest absolute Gasteiger partial charge is 0.324 e. The topological polar surface area (TPSA) is 112 Å². The molecule has 0 bridgehead atoms. The molecule has 2 N–H and O–H groups in total. The first-order valence-electron chi connectivity index (χ1n) is 12.1. The molecular formula is C27H24Cl2N8O. The van der Waals surface area contributed by atoms with Gasteiger partial charge in [-0.05, 0) is 55.4 Å². The quantitative estimate of drug-likeness (QED) is 0.321. The van der Waals surface area contributed by atoms with E-state index in [2.05, 4.69) is 38.7 Å². The predicted molar refractivity (Wildman–Crippen MR) is 148 cm³/mol. The van der Waals surface area contributed by atoms with Gasteiger partial charge in [0.1, 0.15) is 0 Å². The number of benzene rings is 2. The van der Waals surface area contributed by atoms with Crippen molar-refractivity contribution in [2.75, 3.05) is 23.3 Å². The molecule has 0 radical (unpaired) electrons. The van der Waals surface area contributed by atoms with E-state index in [4.69, 9.17) is 28.5 Å². The van der Waals surface area contributed by atoms with E-state index in [1.54, 1.807) is 35.3 Å². The number of aromatic nitrogens is 4. The first kappa shape index (κ1) is 25.7. The Balaban J connectivity index is 1.31. The van der Waals surface area contributed by atoms with Gasteiger partial charge < -0.3 is 15.5 Å². The van der Waals surface area contributed by atoms with Crippen LogP contribution < -0.4 is 15.5 Å². The van der Waals surface area contributed by atoms with Crippen LogP contribution in [0.25, 0.3) is 16.9 Å². The van der Waals surface area contributed by atoms with Gasteiger partial charge in [0.15, 0.2) is 0 Å². The van der Waals surface area contributed by atoms with Gasteiger partial charge in [-0.3, -0.25) is 4.79 Å². The fraction of sp³-hybridized carbons (Fsp3) is 0.222. The second kappa shape index (κ2) is 11.2. The molecular weight excluding hydrogens is 523 g/mol. The van der Waals surface area contributed by atoms with Crippen LogP contribution in [0.2, 0.25) is 10.0 Å². The molecule has 4 aromatic rings. The second-order valence-electron chi connectivity index (χ2n) is 8.81. The number of carbonyl (C=O) groups is 1. The Bertz CT molecular complexity index is 1510. The fourth-order valence-electron chi connectivity index (χ4n) is 4.39. The van der Waals surface area contributed by atoms with E-state index in [0.717, 1.165) is 24.3 Å². The highest BCUT2D eigenvalue weighted by atomic mass is 35.5. The zero-order chi connectivity index (χ0) is 26.6. The Hall–Kier alpha value is -3.97. The number of nitrogens with one attached hydrogen (secondary N) is 2. The highest BCUT2D eigenvalue weighted by molar-refractivity contribution is 6.33. The summed E-state index contributed by atoms with van der Waals surface area (Å²) in [5, 5.41) is 20.8. The van der Waals surface area contributed by atoms with Crippen molar-refractivity contribution in [3.8, 4) is 23.0 Å². The van der Waals surface area contributed by atoms with Gasteiger partial charge >= 0.3 is 0 Å². The summed E-state index contributed by atoms with van der Waals surface area (Å²) in [5.74, 6) is 0.486. The SMILES string of the molecule is CCN[C@H]1CCN(c2ccc(Nc3ncc(Cl)c(-c4cnn(-c5ccc(C#N)cc5Cl)c4)n3)cc2)C(=O)C1. The third-order valence-electron chi connectivity index (χ3n) is 6.27. The van der Waals surface area contributed by atoms with Crippen molar-refractivity contribution in [1.82, 2.24) is 25.1 Å². The summed E-state index contributed by atoms with van der Waals surface area (Å²) in [6.45, 7) is 3.60. The van der Waals surface area contributed by atoms with Crippen LogP contribution in [0, 0.1) is 11.3 Å². The van der Waals surface area contributed by atoms with Crippen LogP contribution in [0.15, 0.2) is 61.1 Å². The van der Waals surface area contributed by atoms with Crippen molar-refractivity contribution in [2.24, 2.45) is 0 Å². The van der Waals surface area contributed by atoms with Crippen LogP contribution in [0.3, 0.4) is 0 Å². The van der Waals surface area contributed by atoms with E-state index in [-0.39, 0.29) is 11.9 Å². The Morgan fingerprint density at radius 3 is 2.66 bits per heavy atom. The Morgan fingerprint density at radius 1 is 1.13 bits per heavy atom. The van der Waals surface area contributed by atoms with Crippen molar-refractivity contribution in [3.05, 3.63) is 76.7 Å². The van der Waals surface area contributed by atoms with E-state index in [9.17, 15) is 4.79 Å². The van der Waals surface area contributed by atoms with E-state index < -0.39 is 0 Å². The smallest absolute Gasteiger partial charge is 0.228 e. The van der Waals surface area contributed by atoms with Crippen LogP contribution in [0.5, 0.6) is 0 Å². The molecule has 0 saturated carbocycles. The van der Waals surface area contributed by atoms with Gasteiger partial charge in [0.25, 0.3) is 0 Å². The van der Waals surface area contributed by atoms with E-state index in [1.165, 1.54) is 6.20 Å². The van der Waals surface area contributed by atoms with Crippen LogP contribution in [-0.4, -0.2) is 44.8 Å². The number of hydrogen-bond donors (Lipinski definition) is 2. The zero-order valence-electron chi connectivity index (χ0n) is 20.5. The average Bonchev–Trinajstić information content (AvgIpc) is 3.40. The van der Waals surface area contributed by atoms with E-state index in [1.807, 2.05) is 29.2 Å². The normalized spacial score (nSPS) is 15.4. The summed E-state index contributed by atoms with van der Waals surface area (Å²) in [5.41, 5.74) is 3.92. The molecule has 1 amide bonds. The maximum Gasteiger partial charge on any atom is 0.228 e. The van der Waals surface area contributed by atoms with Crippen LogP contribution in [0.1, 0.15) is 25.3 Å². The summed E-state index contributed by atoms with van der Waals surface area (Å²) in [6.07, 6.45) is 6.35. The maximum atomic E-state index is 12.6. The molecule has 0 unspecified atom stereocenters. The minimum absolute atomic E-state index is 0.122. The molecule has 0 aliphatic carbocycles. The molecule has 1 fully saturated rings. The lowest BCUT2D eigenvalue weighted by Crippen LogP contribution is -2.46. The molecule has 38 heavy (non-hydrogen) atoms. The van der Waals surface area contributed by atoms with Crippen molar-refractivity contribution >= 4 is 46.4 Å². The van der Waals surface area contributed by atoms with Crippen LogP contribution >= 0.6 is 23.2 Å². The number of anilines is 3. The number of rotatable bonds is 7. The molecule has 1 aliphatic heterocycles. The number of nitrogens with zero attached hydrogens (tertiary/aromatic N) is 6. The lowest BCUT2D eigenvalue weighted by Gasteiger charge is -2.32. The Morgan fingerprint density at radius 2 is 1.95 bits per heavy atom. The second-order valence-corrected chi connectivity index (χ2v) is 9.62. The number of amides is 1. The molecule has 2 aromatic carbocycles. The van der Waals surface area contributed by atoms with E-state index >= 15 is 0 Å². The molecule has 1 atom stereocenters. The van der Waals surface area contributed by atoms with Gasteiger partial charge in [-0.25, -0.2) is 14.6 Å². The monoisotopic (exact) mass is 546 g/mol. The molecule has 5 rings (SSSR count). The molecule has 2 aromatic heterocycles. The minimum Gasteiger partial charge on any atom is -0.324 e. The number of carbonyl (C=O) groups excluding carboxylic acids is 1. The third-order valence-corrected chi connectivity index (χ3v) is 6.85. The zero-order valence-corrected chi connectivity index (χ0v) is 22.0. The number of hydrogen-bond acceptors (Lipinski definition) is 7. The number of halogens is 2. The van der Waals surface area contributed by atoms with Crippen molar-refractivity contribution in [3.63, 3.8) is 0 Å². The molecule has 9 nitrogen and oxygen atoms in total. The maximum absolute atomic E-state index is 12.6. The van der Waals surface area contributed by atoms with Crippen molar-refractivity contribution < 1.29 is 4.79 Å². The standard InChI is InChI=1S/C27H24Cl2N8O/c1-2-31-20-9-10-36(25(38)12-20)21-6-4-19(5-7-21)34-27-32-15-23(29)26(35-27)18-14-33-37(16-18)24-8-3-17(13-30)11-22(24)28/h3-8,11,14-16,20,31H,2,9-10,12H2,1H3,(H,32,34,35)/t20-/m0/s1. The van der Waals surface area contributed by atoms with Crippen LogP contribution in [0.4, 0.5) is 17.3 Å². The average molecular weight is 547 g/mol. The highest BCUT2D eigenvalue weighted by Crippen LogP contribution is 2.30. The van der Waals surface area contributed by atoms with Gasteiger partial charge in [-0.15, -0.1) is 0 Å². The molecule has 0 spiro atoms. The van der Waals surface area contributed by atoms with E-state index in [0.29, 0.717) is 51.5 Å². The van der Waals surface area contributed by atoms with Crippen molar-refractivity contribution in [1.29, 1.82) is 5.26 Å². The predicted octanol–water partition coefficient (Wildman–Crippen LogP) is 5.36. The summed E-state index contributed by atoms with van der Waals surface area (Å²) in [7, 11) is 0. The minimum atomic E-state index is 0.122. The first-order chi connectivity index (χ1) is 18.4. The lowest BCUT2D eigenvalue weighted by molar-refractivity contribution is -0.120.